The summed E-state index contributed by atoms with van der Waals surface area (Å²) in [5.41, 5.74) is 0.775. The van der Waals surface area contributed by atoms with Crippen molar-refractivity contribution < 1.29 is 10.0 Å². The van der Waals surface area contributed by atoms with E-state index < -0.39 is 0 Å². The first-order valence-electron chi connectivity index (χ1n) is 5.57. The largest absolute Gasteiger partial charge is 0.507 e. The van der Waals surface area contributed by atoms with Crippen LogP contribution in [0.3, 0.4) is 0 Å². The molecule has 1 aromatic rings. The fourth-order valence-corrected chi connectivity index (χ4v) is 2.27. The third-order valence-electron chi connectivity index (χ3n) is 3.04. The van der Waals surface area contributed by atoms with Crippen LogP contribution in [0.1, 0.15) is 5.56 Å². The average Bonchev–Trinajstić information content (AvgIpc) is 2.30. The van der Waals surface area contributed by atoms with E-state index in [0.29, 0.717) is 0 Å². The predicted molar refractivity (Wildman–Crippen MR) is 68.0 cm³/mol. The number of hydrogen-bond donors (Lipinski definition) is 2. The number of phenols is 1. The molecule has 1 aliphatic rings. The fourth-order valence-electron chi connectivity index (χ4n) is 1.92. The smallest absolute Gasteiger partial charge is 0.125 e. The van der Waals surface area contributed by atoms with Gasteiger partial charge in [-0.15, -0.1) is 0 Å². The molecule has 2 N–H and O–H groups in total. The number of para-hydroxylation sites is 1. The van der Waals surface area contributed by atoms with Crippen LogP contribution in [0.2, 0.25) is 0 Å². The van der Waals surface area contributed by atoms with Crippen molar-refractivity contribution in [1.29, 1.82) is 0 Å². The monoisotopic (exact) mass is 237 g/mol. The maximum Gasteiger partial charge on any atom is 0.125 e. The number of quaternary nitrogens is 1. The zero-order chi connectivity index (χ0) is 11.5. The molecule has 0 atom stereocenters. The summed E-state index contributed by atoms with van der Waals surface area (Å²) in [7, 11) is 2.19. The highest BCUT2D eigenvalue weighted by atomic mass is 32.1. The maximum absolute atomic E-state index is 9.74. The van der Waals surface area contributed by atoms with Gasteiger partial charge in [-0.05, 0) is 12.1 Å². The van der Waals surface area contributed by atoms with E-state index in [-0.39, 0.29) is 5.75 Å². The number of nitrogens with zero attached hydrogens (tertiary/aromatic N) is 1. The van der Waals surface area contributed by atoms with Crippen molar-refractivity contribution in [2.45, 2.75) is 0 Å². The van der Waals surface area contributed by atoms with E-state index in [1.807, 2.05) is 18.2 Å². The molecular weight excluding hydrogens is 220 g/mol. The summed E-state index contributed by atoms with van der Waals surface area (Å²) >= 11 is 5.42. The minimum absolute atomic E-state index is 0.277. The quantitative estimate of drug-likeness (QED) is 0.668. The van der Waals surface area contributed by atoms with Crippen LogP contribution < -0.4 is 4.90 Å². The zero-order valence-electron chi connectivity index (χ0n) is 9.44. The van der Waals surface area contributed by atoms with Crippen LogP contribution in [0.25, 0.3) is 0 Å². The number of likely N-dealkylation sites (N-methyl/N-ethyl adjacent to an activating group) is 1. The first kappa shape index (κ1) is 11.4. The van der Waals surface area contributed by atoms with E-state index in [9.17, 15) is 5.11 Å². The summed E-state index contributed by atoms with van der Waals surface area (Å²) in [5, 5.41) is 9.74. The van der Waals surface area contributed by atoms with E-state index in [2.05, 4.69) is 11.9 Å². The fraction of sp³-hybridized carbons (Fsp3) is 0.417. The second-order valence-corrected chi connectivity index (χ2v) is 4.65. The summed E-state index contributed by atoms with van der Waals surface area (Å²) in [4.78, 5) is 4.49. The number of thiocarbonyl (C=S) groups is 1. The molecule has 0 saturated carbocycles. The van der Waals surface area contributed by atoms with Gasteiger partial charge < -0.3 is 14.9 Å². The van der Waals surface area contributed by atoms with E-state index >= 15 is 0 Å². The Morgan fingerprint density at radius 1 is 1.31 bits per heavy atom. The second kappa shape index (κ2) is 4.80. The van der Waals surface area contributed by atoms with Gasteiger partial charge in [0.15, 0.2) is 0 Å². The Morgan fingerprint density at radius 2 is 1.94 bits per heavy atom. The summed E-state index contributed by atoms with van der Waals surface area (Å²) in [6.45, 7) is 4.15. The van der Waals surface area contributed by atoms with Crippen LogP contribution in [-0.2, 0) is 0 Å². The van der Waals surface area contributed by atoms with Gasteiger partial charge in [-0.25, -0.2) is 0 Å². The third-order valence-corrected chi connectivity index (χ3v) is 3.52. The van der Waals surface area contributed by atoms with Crippen molar-refractivity contribution in [3.63, 3.8) is 0 Å². The Balaban J connectivity index is 2.11. The lowest BCUT2D eigenvalue weighted by Crippen LogP contribution is -3.12. The molecule has 16 heavy (non-hydrogen) atoms. The number of hydrogen-bond acceptors (Lipinski definition) is 2. The standard InChI is InChI=1S/C12H16N2OS/c1-13-6-8-14(9-7-13)12(16)10-4-2-3-5-11(10)15/h2-5,15H,6-9H2,1H3/p+1. The number of phenolic OH excluding ortho intramolecular Hbond substituents is 1. The second-order valence-electron chi connectivity index (χ2n) is 4.27. The molecule has 1 aliphatic heterocycles. The van der Waals surface area contributed by atoms with Crippen LogP contribution >= 0.6 is 12.2 Å². The normalized spacial score (nSPS) is 17.4. The van der Waals surface area contributed by atoms with Crippen LogP contribution in [0, 0.1) is 0 Å². The number of rotatable bonds is 1. The molecule has 1 saturated heterocycles. The van der Waals surface area contributed by atoms with Gasteiger partial charge in [0.2, 0.25) is 0 Å². The third kappa shape index (κ3) is 2.33. The van der Waals surface area contributed by atoms with E-state index in [0.717, 1.165) is 36.7 Å². The summed E-state index contributed by atoms with van der Waals surface area (Å²) in [5.74, 6) is 0.277. The Kier molecular flexibility index (Phi) is 3.41. The summed E-state index contributed by atoms with van der Waals surface area (Å²) < 4.78 is 0. The molecule has 0 spiro atoms. The molecule has 2 rings (SSSR count). The number of piperazine rings is 1. The van der Waals surface area contributed by atoms with Crippen LogP contribution in [0.4, 0.5) is 0 Å². The van der Waals surface area contributed by atoms with Gasteiger partial charge in [-0.3, -0.25) is 0 Å². The highest BCUT2D eigenvalue weighted by Crippen LogP contribution is 2.18. The molecule has 0 aromatic heterocycles. The van der Waals surface area contributed by atoms with Gasteiger partial charge in [0.25, 0.3) is 0 Å². The van der Waals surface area contributed by atoms with E-state index in [4.69, 9.17) is 12.2 Å². The number of aromatic hydroxyl groups is 1. The van der Waals surface area contributed by atoms with Crippen molar-refractivity contribution >= 4 is 17.2 Å². The van der Waals surface area contributed by atoms with Crippen molar-refractivity contribution in [1.82, 2.24) is 4.90 Å². The molecule has 0 radical (unpaired) electrons. The highest BCUT2D eigenvalue weighted by molar-refractivity contribution is 7.80. The van der Waals surface area contributed by atoms with Crippen molar-refractivity contribution in [3.8, 4) is 5.75 Å². The maximum atomic E-state index is 9.74. The topological polar surface area (TPSA) is 27.9 Å². The molecule has 0 amide bonds. The lowest BCUT2D eigenvalue weighted by atomic mass is 10.1. The lowest BCUT2D eigenvalue weighted by molar-refractivity contribution is -0.883. The van der Waals surface area contributed by atoms with Gasteiger partial charge in [-0.1, -0.05) is 24.4 Å². The molecule has 4 heteroatoms. The molecule has 1 aromatic carbocycles. The van der Waals surface area contributed by atoms with Crippen LogP contribution in [-0.4, -0.2) is 48.2 Å². The van der Waals surface area contributed by atoms with Crippen LogP contribution in [0.15, 0.2) is 24.3 Å². The summed E-state index contributed by atoms with van der Waals surface area (Å²) in [6.07, 6.45) is 0. The van der Waals surface area contributed by atoms with Gasteiger partial charge in [-0.2, -0.15) is 0 Å². The minimum Gasteiger partial charge on any atom is -0.507 e. The Morgan fingerprint density at radius 3 is 2.56 bits per heavy atom. The zero-order valence-corrected chi connectivity index (χ0v) is 10.3. The van der Waals surface area contributed by atoms with E-state index in [1.54, 1.807) is 6.07 Å². The molecule has 86 valence electrons. The SMILES string of the molecule is C[NH+]1CCN(C(=S)c2ccccc2O)CC1. The van der Waals surface area contributed by atoms with Gasteiger partial charge >= 0.3 is 0 Å². The van der Waals surface area contributed by atoms with Crippen molar-refractivity contribution in [2.24, 2.45) is 0 Å². The summed E-state index contributed by atoms with van der Waals surface area (Å²) in [6, 6.07) is 7.28. The van der Waals surface area contributed by atoms with Gasteiger partial charge in [0.1, 0.15) is 10.7 Å². The van der Waals surface area contributed by atoms with Gasteiger partial charge in [0, 0.05) is 0 Å². The average molecular weight is 237 g/mol. The van der Waals surface area contributed by atoms with Crippen molar-refractivity contribution in [3.05, 3.63) is 29.8 Å². The Hall–Kier alpha value is -1.13. The Bertz CT molecular complexity index is 386. The first-order chi connectivity index (χ1) is 7.68. The predicted octanol–water partition coefficient (Wildman–Crippen LogP) is -0.102. The lowest BCUT2D eigenvalue weighted by Gasteiger charge is -2.32. The Labute approximate surface area is 101 Å². The van der Waals surface area contributed by atoms with Crippen LogP contribution in [0.5, 0.6) is 5.75 Å². The molecule has 0 bridgehead atoms. The molecule has 0 aliphatic carbocycles. The van der Waals surface area contributed by atoms with Crippen molar-refractivity contribution in [2.75, 3.05) is 33.2 Å². The molecule has 3 nitrogen and oxygen atoms in total. The first-order valence-corrected chi connectivity index (χ1v) is 5.98. The van der Waals surface area contributed by atoms with E-state index in [1.165, 1.54) is 4.90 Å². The molecule has 0 unspecified atom stereocenters. The molecule has 1 heterocycles. The number of nitrogens with one attached hydrogen (secondary N) is 1. The van der Waals surface area contributed by atoms with Gasteiger partial charge in [0.05, 0.1) is 38.8 Å². The number of benzene rings is 1. The molecular formula is C12H17N2OS+. The molecule has 1 fully saturated rings. The highest BCUT2D eigenvalue weighted by Gasteiger charge is 2.20. The minimum atomic E-state index is 0.277.